The van der Waals surface area contributed by atoms with Crippen LogP contribution in [-0.4, -0.2) is 31.9 Å². The minimum Gasteiger partial charge on any atom is -0.477 e. The highest BCUT2D eigenvalue weighted by atomic mass is 32.1. The molecule has 2 aromatic heterocycles. The number of alkyl halides is 3. The van der Waals surface area contributed by atoms with Gasteiger partial charge in [-0.2, -0.15) is 13.2 Å². The first-order chi connectivity index (χ1) is 11.1. The Morgan fingerprint density at radius 1 is 1.29 bits per heavy atom. The summed E-state index contributed by atoms with van der Waals surface area (Å²) in [5.74, 6) is -3.15. The van der Waals surface area contributed by atoms with Gasteiger partial charge in [-0.05, 0) is 13.8 Å². The number of aryl methyl sites for hydroxylation is 1. The molecule has 1 atom stereocenters. The Morgan fingerprint density at radius 2 is 1.88 bits per heavy atom. The van der Waals surface area contributed by atoms with Gasteiger partial charge in [0.05, 0.1) is 17.3 Å². The zero-order valence-electron chi connectivity index (χ0n) is 12.4. The van der Waals surface area contributed by atoms with Crippen molar-refractivity contribution in [1.82, 2.24) is 20.3 Å². The van der Waals surface area contributed by atoms with Crippen LogP contribution < -0.4 is 5.32 Å². The molecule has 0 aromatic carbocycles. The highest BCUT2D eigenvalue weighted by Crippen LogP contribution is 2.26. The van der Waals surface area contributed by atoms with Gasteiger partial charge >= 0.3 is 12.1 Å². The molecule has 0 saturated heterocycles. The highest BCUT2D eigenvalue weighted by molar-refractivity contribution is 7.13. The number of aromatic nitrogens is 3. The monoisotopic (exact) mass is 360 g/mol. The number of hydrogen-bond acceptors (Lipinski definition) is 6. The van der Waals surface area contributed by atoms with Crippen molar-refractivity contribution in [2.24, 2.45) is 0 Å². The fourth-order valence-electron chi connectivity index (χ4n) is 1.73. The number of carbonyl (C=O) groups excluding carboxylic acids is 1. The molecule has 2 N–H and O–H groups in total. The molecule has 2 rings (SSSR count). The van der Waals surface area contributed by atoms with Gasteiger partial charge in [-0.3, -0.25) is 4.79 Å². The fourth-order valence-corrected chi connectivity index (χ4v) is 2.64. The lowest BCUT2D eigenvalue weighted by atomic mass is 10.2. The van der Waals surface area contributed by atoms with E-state index in [-0.39, 0.29) is 10.4 Å². The van der Waals surface area contributed by atoms with Crippen LogP contribution in [0.1, 0.15) is 49.5 Å². The SMILES string of the molecule is Cc1nc(C(C)NC(=O)c2cnc(C(F)(F)F)nc2)sc1C(=O)O. The Balaban J connectivity index is 2.11. The average Bonchev–Trinajstić information content (AvgIpc) is 2.88. The van der Waals surface area contributed by atoms with Crippen molar-refractivity contribution >= 4 is 23.2 Å². The van der Waals surface area contributed by atoms with Gasteiger partial charge in [0.1, 0.15) is 9.88 Å². The number of carbonyl (C=O) groups is 2. The van der Waals surface area contributed by atoms with Crippen LogP contribution in [0.5, 0.6) is 0 Å². The summed E-state index contributed by atoms with van der Waals surface area (Å²) in [6, 6.07) is -0.628. The fraction of sp³-hybridized carbons (Fsp3) is 0.308. The van der Waals surface area contributed by atoms with Gasteiger partial charge in [0.2, 0.25) is 5.82 Å². The van der Waals surface area contributed by atoms with Gasteiger partial charge in [-0.15, -0.1) is 11.3 Å². The summed E-state index contributed by atoms with van der Waals surface area (Å²) < 4.78 is 37.1. The first kappa shape index (κ1) is 17.8. The third-order valence-electron chi connectivity index (χ3n) is 2.89. The van der Waals surface area contributed by atoms with Crippen molar-refractivity contribution in [2.45, 2.75) is 26.1 Å². The summed E-state index contributed by atoms with van der Waals surface area (Å²) in [6.45, 7) is 3.11. The first-order valence-corrected chi connectivity index (χ1v) is 7.32. The number of hydrogen-bond donors (Lipinski definition) is 2. The quantitative estimate of drug-likeness (QED) is 0.868. The first-order valence-electron chi connectivity index (χ1n) is 6.50. The summed E-state index contributed by atoms with van der Waals surface area (Å²) in [6.07, 6.45) is -3.14. The lowest BCUT2D eigenvalue weighted by molar-refractivity contribution is -0.145. The summed E-state index contributed by atoms with van der Waals surface area (Å²) in [7, 11) is 0. The summed E-state index contributed by atoms with van der Waals surface area (Å²) in [4.78, 5) is 33.3. The Labute approximate surface area is 137 Å². The van der Waals surface area contributed by atoms with Crippen LogP contribution in [0.3, 0.4) is 0 Å². The van der Waals surface area contributed by atoms with Gasteiger partial charge in [0.25, 0.3) is 5.91 Å². The third-order valence-corrected chi connectivity index (χ3v) is 4.22. The smallest absolute Gasteiger partial charge is 0.451 e. The molecule has 0 aliphatic rings. The molecule has 0 radical (unpaired) electrons. The van der Waals surface area contributed by atoms with Crippen molar-refractivity contribution in [1.29, 1.82) is 0 Å². The molecule has 2 heterocycles. The third kappa shape index (κ3) is 3.85. The maximum atomic E-state index is 12.4. The molecule has 0 aliphatic heterocycles. The molecule has 0 fully saturated rings. The molecule has 1 amide bonds. The normalized spacial score (nSPS) is 12.7. The molecule has 2 aromatic rings. The van der Waals surface area contributed by atoms with E-state index in [1.165, 1.54) is 6.92 Å². The molecule has 0 saturated carbocycles. The second kappa shape index (κ2) is 6.51. The number of nitrogens with zero attached hydrogens (tertiary/aromatic N) is 3. The van der Waals surface area contributed by atoms with Crippen LogP contribution in [0, 0.1) is 6.92 Å². The van der Waals surface area contributed by atoms with Gasteiger partial charge in [0, 0.05) is 12.4 Å². The molecule has 0 spiro atoms. The van der Waals surface area contributed by atoms with E-state index < -0.39 is 29.9 Å². The number of carboxylic acids is 1. The number of thiazole rings is 1. The molecule has 0 aliphatic carbocycles. The van der Waals surface area contributed by atoms with Crippen molar-refractivity contribution in [3.05, 3.63) is 39.4 Å². The largest absolute Gasteiger partial charge is 0.477 e. The predicted molar refractivity (Wildman–Crippen MR) is 76.7 cm³/mol. The van der Waals surface area contributed by atoms with Crippen LogP contribution >= 0.6 is 11.3 Å². The van der Waals surface area contributed by atoms with Crippen molar-refractivity contribution in [3.63, 3.8) is 0 Å². The number of rotatable bonds is 4. The van der Waals surface area contributed by atoms with Crippen molar-refractivity contribution in [2.75, 3.05) is 0 Å². The van der Waals surface area contributed by atoms with Crippen molar-refractivity contribution < 1.29 is 27.9 Å². The van der Waals surface area contributed by atoms with E-state index in [0.717, 1.165) is 23.7 Å². The van der Waals surface area contributed by atoms with Crippen LogP contribution in [0.25, 0.3) is 0 Å². The molecular weight excluding hydrogens is 349 g/mol. The summed E-state index contributed by atoms with van der Waals surface area (Å²) in [5, 5.41) is 11.9. The van der Waals surface area contributed by atoms with E-state index in [1.807, 2.05) is 0 Å². The van der Waals surface area contributed by atoms with Crippen LogP contribution in [0.15, 0.2) is 12.4 Å². The van der Waals surface area contributed by atoms with Crippen LogP contribution in [0.2, 0.25) is 0 Å². The van der Waals surface area contributed by atoms with Gasteiger partial charge in [-0.25, -0.2) is 19.7 Å². The number of nitrogens with one attached hydrogen (secondary N) is 1. The van der Waals surface area contributed by atoms with E-state index in [4.69, 9.17) is 5.11 Å². The van der Waals surface area contributed by atoms with E-state index in [1.54, 1.807) is 6.92 Å². The summed E-state index contributed by atoms with van der Waals surface area (Å²) in [5.41, 5.74) is 0.169. The Hall–Kier alpha value is -2.56. The highest BCUT2D eigenvalue weighted by Gasteiger charge is 2.34. The molecule has 128 valence electrons. The predicted octanol–water partition coefficient (Wildman–Crippen LogP) is 2.45. The van der Waals surface area contributed by atoms with Gasteiger partial charge in [-0.1, -0.05) is 0 Å². The minimum atomic E-state index is -4.69. The Morgan fingerprint density at radius 3 is 2.33 bits per heavy atom. The molecule has 24 heavy (non-hydrogen) atoms. The number of halogens is 3. The second-order valence-corrected chi connectivity index (χ2v) is 5.79. The van der Waals surface area contributed by atoms with E-state index in [2.05, 4.69) is 20.3 Å². The molecular formula is C13H11F3N4O3S. The number of carboxylic acid groups (broad SMARTS) is 1. The Kier molecular flexibility index (Phi) is 4.83. The van der Waals surface area contributed by atoms with E-state index >= 15 is 0 Å². The van der Waals surface area contributed by atoms with Gasteiger partial charge in [0.15, 0.2) is 0 Å². The van der Waals surface area contributed by atoms with Crippen LogP contribution in [-0.2, 0) is 6.18 Å². The molecule has 0 bridgehead atoms. The minimum absolute atomic E-state index is 0.0592. The second-order valence-electron chi connectivity index (χ2n) is 4.76. The topological polar surface area (TPSA) is 105 Å². The zero-order chi connectivity index (χ0) is 18.1. The van der Waals surface area contributed by atoms with E-state index in [0.29, 0.717) is 10.7 Å². The molecule has 11 heteroatoms. The maximum Gasteiger partial charge on any atom is 0.451 e. The average molecular weight is 360 g/mol. The summed E-state index contributed by atoms with van der Waals surface area (Å²) >= 11 is 0.913. The van der Waals surface area contributed by atoms with Gasteiger partial charge < -0.3 is 10.4 Å². The lowest BCUT2D eigenvalue weighted by Crippen LogP contribution is -2.27. The number of aromatic carboxylic acids is 1. The standard InChI is InChI=1S/C13H11F3N4O3S/c1-5-8(11(22)23)24-10(20-5)6(2)19-9(21)7-3-17-12(18-4-7)13(14,15)16/h3-4,6H,1-2H3,(H,19,21)(H,22,23). The number of amides is 1. The van der Waals surface area contributed by atoms with Crippen LogP contribution in [0.4, 0.5) is 13.2 Å². The zero-order valence-corrected chi connectivity index (χ0v) is 13.2. The molecule has 7 nitrogen and oxygen atoms in total. The molecule has 1 unspecified atom stereocenters. The maximum absolute atomic E-state index is 12.4. The lowest BCUT2D eigenvalue weighted by Gasteiger charge is -2.11. The van der Waals surface area contributed by atoms with Crippen molar-refractivity contribution in [3.8, 4) is 0 Å². The Bertz CT molecular complexity index is 774. The van der Waals surface area contributed by atoms with E-state index in [9.17, 15) is 22.8 Å².